The molecule has 0 aliphatic carbocycles. The first-order valence-corrected chi connectivity index (χ1v) is 15.0. The van der Waals surface area contributed by atoms with Crippen molar-refractivity contribution in [2.24, 2.45) is 0 Å². The summed E-state index contributed by atoms with van der Waals surface area (Å²) in [5, 5.41) is 25.7. The Labute approximate surface area is 260 Å². The third kappa shape index (κ3) is 15.1. The van der Waals surface area contributed by atoms with E-state index in [2.05, 4.69) is 44.2 Å². The van der Waals surface area contributed by atoms with Crippen molar-refractivity contribution in [1.82, 2.24) is 15.5 Å². The van der Waals surface area contributed by atoms with Crippen molar-refractivity contribution in [3.05, 3.63) is 29.3 Å². The molecule has 11 nitrogen and oxygen atoms in total. The monoisotopic (exact) mass is 628 g/mol. The van der Waals surface area contributed by atoms with E-state index in [4.69, 9.17) is 9.47 Å². The number of amides is 1. The first kappa shape index (κ1) is 40.3. The summed E-state index contributed by atoms with van der Waals surface area (Å²) in [5.74, 6) is 0.0842. The van der Waals surface area contributed by atoms with Crippen LogP contribution in [0.25, 0.3) is 11.3 Å². The lowest BCUT2D eigenvalue weighted by Crippen LogP contribution is -2.27. The molecule has 1 heterocycles. The van der Waals surface area contributed by atoms with Crippen molar-refractivity contribution < 1.29 is 42.4 Å². The summed E-state index contributed by atoms with van der Waals surface area (Å²) in [6.07, 6.45) is 5.71. The Bertz CT molecular complexity index is 1080. The van der Waals surface area contributed by atoms with E-state index >= 15 is 0 Å². The molecule has 0 aliphatic heterocycles. The van der Waals surface area contributed by atoms with E-state index < -0.39 is 12.7 Å². The number of hydrogen-bond donors (Lipinski definition) is 3. The Kier molecular flexibility index (Phi) is 22.6. The first-order chi connectivity index (χ1) is 21.3. The van der Waals surface area contributed by atoms with Crippen LogP contribution in [0.3, 0.4) is 0 Å². The molecule has 0 bridgehead atoms. The highest BCUT2D eigenvalue weighted by atomic mass is 19.3. The minimum atomic E-state index is -3.01. The Morgan fingerprint density at radius 3 is 2.32 bits per heavy atom. The van der Waals surface area contributed by atoms with Crippen LogP contribution >= 0.6 is 0 Å². The number of methoxy groups -OCH3 is 2. The van der Waals surface area contributed by atoms with Gasteiger partial charge in [-0.25, -0.2) is 4.79 Å². The minimum absolute atomic E-state index is 0.110. The van der Waals surface area contributed by atoms with Crippen molar-refractivity contribution in [1.29, 1.82) is 0 Å². The predicted octanol–water partition coefficient (Wildman–Crippen LogP) is 6.86. The number of aromatic hydroxyl groups is 1. The average Bonchev–Trinajstić information content (AvgIpc) is 3.01. The normalized spacial score (nSPS) is 10.9. The molecule has 1 unspecified atom stereocenters. The van der Waals surface area contributed by atoms with E-state index in [1.165, 1.54) is 19.2 Å². The number of rotatable bonds is 18. The molecule has 0 aliphatic rings. The van der Waals surface area contributed by atoms with Gasteiger partial charge in [0.15, 0.2) is 5.82 Å². The molecule has 250 valence electrons. The van der Waals surface area contributed by atoms with Crippen molar-refractivity contribution in [3.63, 3.8) is 0 Å². The molecule has 0 radical (unpaired) electrons. The summed E-state index contributed by atoms with van der Waals surface area (Å²) < 4.78 is 43.8. The number of aromatic nitrogens is 2. The number of anilines is 1. The quantitative estimate of drug-likeness (QED) is 0.118. The zero-order valence-electron chi connectivity index (χ0n) is 27.1. The van der Waals surface area contributed by atoms with Crippen LogP contribution in [0.1, 0.15) is 84.3 Å². The van der Waals surface area contributed by atoms with Crippen LogP contribution in [0, 0.1) is 0 Å². The van der Waals surface area contributed by atoms with Gasteiger partial charge in [0.25, 0.3) is 6.47 Å². The third-order valence-corrected chi connectivity index (χ3v) is 6.23. The fourth-order valence-corrected chi connectivity index (χ4v) is 4.09. The van der Waals surface area contributed by atoms with Crippen molar-refractivity contribution >= 4 is 18.4 Å². The summed E-state index contributed by atoms with van der Waals surface area (Å²) in [6.45, 7) is 8.49. The number of hydrogen-bond acceptors (Lipinski definition) is 10. The maximum Gasteiger partial charge on any atom is 0.407 e. The molecule has 44 heavy (non-hydrogen) atoms. The number of carbonyl (C=O) groups excluding carboxylic acids is 2. The summed E-state index contributed by atoms with van der Waals surface area (Å²) >= 11 is 0. The molecular formula is C31H50F2N4O7. The van der Waals surface area contributed by atoms with Gasteiger partial charge in [0.05, 0.1) is 20.3 Å². The number of benzene rings is 1. The smallest absolute Gasteiger partial charge is 0.407 e. The lowest BCUT2D eigenvalue weighted by molar-refractivity contribution is -0.128. The Balaban J connectivity index is 0.00000239. The van der Waals surface area contributed by atoms with E-state index in [1.807, 2.05) is 13.8 Å². The fourth-order valence-electron chi connectivity index (χ4n) is 4.09. The van der Waals surface area contributed by atoms with Crippen LogP contribution in [0.2, 0.25) is 0 Å². The van der Waals surface area contributed by atoms with E-state index in [0.717, 1.165) is 43.7 Å². The largest absolute Gasteiger partial charge is 0.507 e. The average molecular weight is 629 g/mol. The summed E-state index contributed by atoms with van der Waals surface area (Å²) in [4.78, 5) is 21.1. The highest BCUT2D eigenvalue weighted by molar-refractivity contribution is 5.74. The number of phenols is 1. The third-order valence-electron chi connectivity index (χ3n) is 6.23. The minimum Gasteiger partial charge on any atom is -0.507 e. The van der Waals surface area contributed by atoms with Crippen LogP contribution in [0.5, 0.6) is 11.5 Å². The zero-order valence-corrected chi connectivity index (χ0v) is 27.1. The van der Waals surface area contributed by atoms with Crippen LogP contribution < -0.4 is 15.4 Å². The summed E-state index contributed by atoms with van der Waals surface area (Å²) in [7, 11) is 2.89. The lowest BCUT2D eigenvalue weighted by atomic mass is 9.96. The number of unbranched alkanes of at least 4 members (excludes halogenated alkanes) is 2. The van der Waals surface area contributed by atoms with Crippen molar-refractivity contribution in [2.75, 3.05) is 32.8 Å². The highest BCUT2D eigenvalue weighted by Crippen LogP contribution is 2.36. The van der Waals surface area contributed by atoms with Gasteiger partial charge < -0.3 is 34.7 Å². The Morgan fingerprint density at radius 1 is 1.07 bits per heavy atom. The maximum absolute atomic E-state index is 12.6. The van der Waals surface area contributed by atoms with Gasteiger partial charge in [-0.05, 0) is 50.3 Å². The Hall–Kier alpha value is -3.74. The molecule has 0 saturated heterocycles. The molecule has 0 saturated carbocycles. The molecule has 0 spiro atoms. The fraction of sp³-hybridized carbons (Fsp3) is 0.613. The molecule has 1 aromatic heterocycles. The lowest BCUT2D eigenvalue weighted by Gasteiger charge is -2.23. The number of halogens is 2. The molecular weight excluding hydrogens is 578 g/mol. The number of alkyl halides is 2. The molecule has 1 aromatic carbocycles. The standard InChI is InChI=1S/C26H38F2N4O5.C3H6O2.C2H6/c1-5-7-8-10-17(6-2)30-24-21(16-29-26(34)36-4)19(11-9-14-35-3)23(31-32-24)20-13-12-18(15-22(20)33)37-25(27)28;1-2-5-3-4;1-2/h12-13,15,17,25,33H,5-11,14,16H2,1-4H3,(H,29,34)(H,30,32);3H,2H2,1H3;1-2H3. The number of nitrogens with one attached hydrogen (secondary N) is 2. The van der Waals surface area contributed by atoms with Crippen LogP contribution in [-0.4, -0.2) is 68.0 Å². The molecule has 1 atom stereocenters. The molecule has 3 N–H and O–H groups in total. The topological polar surface area (TPSA) is 141 Å². The number of phenolic OH excluding ortho intramolecular Hbond substituents is 1. The van der Waals surface area contributed by atoms with E-state index in [1.54, 1.807) is 14.0 Å². The second kappa shape index (κ2) is 24.7. The van der Waals surface area contributed by atoms with Gasteiger partial charge in [0.1, 0.15) is 17.2 Å². The first-order valence-electron chi connectivity index (χ1n) is 15.0. The van der Waals surface area contributed by atoms with Crippen LogP contribution in [-0.2, 0) is 32.0 Å². The van der Waals surface area contributed by atoms with Crippen LogP contribution in [0.4, 0.5) is 19.4 Å². The van der Waals surface area contributed by atoms with Crippen molar-refractivity contribution in [3.8, 4) is 22.8 Å². The predicted molar refractivity (Wildman–Crippen MR) is 166 cm³/mol. The van der Waals surface area contributed by atoms with E-state index in [0.29, 0.717) is 55.2 Å². The van der Waals surface area contributed by atoms with Gasteiger partial charge in [0, 0.05) is 37.0 Å². The molecule has 0 fully saturated rings. The summed E-state index contributed by atoms with van der Waals surface area (Å²) in [5.41, 5.74) is 2.13. The molecule has 1 amide bonds. The molecule has 13 heteroatoms. The SMILES string of the molecule is CC.CCCCCC(CC)Nc1nnc(-c2ccc(OC(F)F)cc2O)c(CCCOC)c1CNC(=O)OC.CCOC=O. The second-order valence-corrected chi connectivity index (χ2v) is 9.15. The van der Waals surface area contributed by atoms with Gasteiger partial charge in [-0.3, -0.25) is 4.79 Å². The number of carbonyl (C=O) groups is 2. The zero-order chi connectivity index (χ0) is 33.3. The maximum atomic E-state index is 12.6. The van der Waals surface area contributed by atoms with Crippen molar-refractivity contribution in [2.45, 2.75) is 98.8 Å². The highest BCUT2D eigenvalue weighted by Gasteiger charge is 2.22. The van der Waals surface area contributed by atoms with Gasteiger partial charge >= 0.3 is 12.7 Å². The van der Waals surface area contributed by atoms with Crippen LogP contribution in [0.15, 0.2) is 18.2 Å². The second-order valence-electron chi connectivity index (χ2n) is 9.15. The number of ether oxygens (including phenoxy) is 4. The van der Waals surface area contributed by atoms with Gasteiger partial charge in [-0.15, -0.1) is 10.2 Å². The summed E-state index contributed by atoms with van der Waals surface area (Å²) in [6, 6.07) is 4.07. The molecule has 2 rings (SSSR count). The van der Waals surface area contributed by atoms with Gasteiger partial charge in [-0.2, -0.15) is 8.78 Å². The Morgan fingerprint density at radius 2 is 1.80 bits per heavy atom. The van der Waals surface area contributed by atoms with E-state index in [-0.39, 0.29) is 24.1 Å². The number of nitrogens with zero attached hydrogens (tertiary/aromatic N) is 2. The van der Waals surface area contributed by atoms with E-state index in [9.17, 15) is 23.5 Å². The molecule has 2 aromatic rings. The van der Waals surface area contributed by atoms with Gasteiger partial charge in [-0.1, -0.05) is 47.0 Å². The number of alkyl carbamates (subject to hydrolysis) is 1. The van der Waals surface area contributed by atoms with Gasteiger partial charge in [0.2, 0.25) is 0 Å².